The quantitative estimate of drug-likeness (QED) is 0.779. The summed E-state index contributed by atoms with van der Waals surface area (Å²) in [5.74, 6) is -0.598. The minimum absolute atomic E-state index is 0.0919. The van der Waals surface area contributed by atoms with E-state index in [9.17, 15) is 17.6 Å². The van der Waals surface area contributed by atoms with Gasteiger partial charge in [-0.1, -0.05) is 18.2 Å². The molecule has 0 aliphatic rings. The maximum absolute atomic E-state index is 13.0. The van der Waals surface area contributed by atoms with Crippen LogP contribution >= 0.6 is 0 Å². The van der Waals surface area contributed by atoms with Gasteiger partial charge in [-0.25, -0.2) is 4.39 Å². The van der Waals surface area contributed by atoms with Crippen LogP contribution in [-0.2, 0) is 6.42 Å². The Labute approximate surface area is 84.3 Å². The van der Waals surface area contributed by atoms with Gasteiger partial charge in [-0.05, 0) is 11.6 Å². The van der Waals surface area contributed by atoms with Crippen LogP contribution in [0.3, 0.4) is 0 Å². The number of aliphatic hydroxyl groups excluding tert-OH is 1. The average molecular weight is 222 g/mol. The fourth-order valence-corrected chi connectivity index (χ4v) is 1.26. The molecule has 15 heavy (non-hydrogen) atoms. The summed E-state index contributed by atoms with van der Waals surface area (Å²) in [5, 5.41) is 9.08. The van der Waals surface area contributed by atoms with Crippen molar-refractivity contribution in [3.63, 3.8) is 0 Å². The highest BCUT2D eigenvalue weighted by Gasteiger charge is 2.31. The Morgan fingerprint density at radius 1 is 1.20 bits per heavy atom. The van der Waals surface area contributed by atoms with E-state index in [4.69, 9.17) is 5.11 Å². The molecule has 1 nitrogen and oxygen atoms in total. The molecule has 0 radical (unpaired) electrons. The zero-order chi connectivity index (χ0) is 11.5. The SMILES string of the molecule is OC(Cc1ccccc1F)CC(F)(F)F. The lowest BCUT2D eigenvalue weighted by Crippen LogP contribution is -2.21. The van der Waals surface area contributed by atoms with Gasteiger partial charge in [-0.15, -0.1) is 0 Å². The summed E-state index contributed by atoms with van der Waals surface area (Å²) in [6.45, 7) is 0. The van der Waals surface area contributed by atoms with Crippen LogP contribution in [0.25, 0.3) is 0 Å². The number of hydrogen-bond acceptors (Lipinski definition) is 1. The van der Waals surface area contributed by atoms with Crippen LogP contribution in [0.2, 0.25) is 0 Å². The molecule has 1 rings (SSSR count). The van der Waals surface area contributed by atoms with E-state index >= 15 is 0 Å². The first-order valence-electron chi connectivity index (χ1n) is 4.37. The zero-order valence-corrected chi connectivity index (χ0v) is 7.76. The number of halogens is 4. The average Bonchev–Trinajstić information content (AvgIpc) is 2.05. The predicted molar refractivity (Wildman–Crippen MR) is 46.8 cm³/mol. The number of hydrogen-bond donors (Lipinski definition) is 1. The van der Waals surface area contributed by atoms with E-state index in [1.165, 1.54) is 18.2 Å². The summed E-state index contributed by atoms with van der Waals surface area (Å²) in [6, 6.07) is 5.46. The monoisotopic (exact) mass is 222 g/mol. The van der Waals surface area contributed by atoms with Crippen molar-refractivity contribution in [3.8, 4) is 0 Å². The van der Waals surface area contributed by atoms with Crippen LogP contribution in [0.15, 0.2) is 24.3 Å². The third-order valence-corrected chi connectivity index (χ3v) is 1.88. The van der Waals surface area contributed by atoms with E-state index in [1.807, 2.05) is 0 Å². The van der Waals surface area contributed by atoms with Gasteiger partial charge in [0.25, 0.3) is 0 Å². The van der Waals surface area contributed by atoms with Crippen molar-refractivity contribution in [3.05, 3.63) is 35.6 Å². The van der Waals surface area contributed by atoms with Crippen molar-refractivity contribution in [2.75, 3.05) is 0 Å². The number of benzene rings is 1. The standard InChI is InChI=1S/C10H10F4O/c11-9-4-2-1-3-7(9)5-8(15)6-10(12,13)14/h1-4,8,15H,5-6H2. The minimum Gasteiger partial charge on any atom is -0.392 e. The minimum atomic E-state index is -4.43. The van der Waals surface area contributed by atoms with Crippen molar-refractivity contribution < 1.29 is 22.7 Å². The Hall–Kier alpha value is -1.10. The molecule has 84 valence electrons. The first kappa shape index (κ1) is 12.0. The van der Waals surface area contributed by atoms with Crippen molar-refractivity contribution in [1.82, 2.24) is 0 Å². The fourth-order valence-electron chi connectivity index (χ4n) is 1.26. The van der Waals surface area contributed by atoms with Crippen LogP contribution in [0.4, 0.5) is 17.6 Å². The van der Waals surface area contributed by atoms with Crippen molar-refractivity contribution >= 4 is 0 Å². The summed E-state index contributed by atoms with van der Waals surface area (Å²) in [7, 11) is 0. The van der Waals surface area contributed by atoms with Gasteiger partial charge in [-0.3, -0.25) is 0 Å². The van der Waals surface area contributed by atoms with E-state index in [-0.39, 0.29) is 12.0 Å². The normalized spacial score (nSPS) is 13.9. The molecule has 0 saturated heterocycles. The van der Waals surface area contributed by atoms with Gasteiger partial charge in [0.1, 0.15) is 5.82 Å². The summed E-state index contributed by atoms with van der Waals surface area (Å²) in [5.41, 5.74) is 0.0919. The molecule has 0 aromatic heterocycles. The molecule has 1 aromatic rings. The second kappa shape index (κ2) is 4.61. The Balaban J connectivity index is 2.59. The molecule has 1 aromatic carbocycles. The highest BCUT2D eigenvalue weighted by Crippen LogP contribution is 2.23. The van der Waals surface area contributed by atoms with Crippen molar-refractivity contribution in [1.29, 1.82) is 0 Å². The van der Waals surface area contributed by atoms with E-state index in [0.29, 0.717) is 0 Å². The van der Waals surface area contributed by atoms with Gasteiger partial charge >= 0.3 is 6.18 Å². The Bertz CT molecular complexity index is 321. The number of rotatable bonds is 3. The molecule has 0 fully saturated rings. The summed E-state index contributed by atoms with van der Waals surface area (Å²) in [4.78, 5) is 0. The van der Waals surface area contributed by atoms with Gasteiger partial charge in [0.15, 0.2) is 0 Å². The molecule has 5 heteroatoms. The van der Waals surface area contributed by atoms with Crippen LogP contribution in [0.1, 0.15) is 12.0 Å². The topological polar surface area (TPSA) is 20.2 Å². The van der Waals surface area contributed by atoms with Crippen molar-refractivity contribution in [2.24, 2.45) is 0 Å². The van der Waals surface area contributed by atoms with Gasteiger partial charge in [-0.2, -0.15) is 13.2 Å². The summed E-state index contributed by atoms with van der Waals surface area (Å²) >= 11 is 0. The fraction of sp³-hybridized carbons (Fsp3) is 0.400. The van der Waals surface area contributed by atoms with E-state index in [2.05, 4.69) is 0 Å². The Morgan fingerprint density at radius 2 is 1.80 bits per heavy atom. The van der Waals surface area contributed by atoms with Gasteiger partial charge in [0.05, 0.1) is 12.5 Å². The molecule has 1 N–H and O–H groups in total. The zero-order valence-electron chi connectivity index (χ0n) is 7.76. The second-order valence-corrected chi connectivity index (χ2v) is 3.27. The highest BCUT2D eigenvalue weighted by molar-refractivity contribution is 5.18. The molecule has 0 saturated carbocycles. The lowest BCUT2D eigenvalue weighted by atomic mass is 10.1. The number of aliphatic hydroxyl groups is 1. The van der Waals surface area contributed by atoms with Crippen molar-refractivity contribution in [2.45, 2.75) is 25.1 Å². The molecule has 0 spiro atoms. The number of alkyl halides is 3. The Morgan fingerprint density at radius 3 is 2.33 bits per heavy atom. The molecular weight excluding hydrogens is 212 g/mol. The first-order valence-corrected chi connectivity index (χ1v) is 4.37. The van der Waals surface area contributed by atoms with E-state index in [0.717, 1.165) is 6.07 Å². The molecular formula is C10H10F4O. The third-order valence-electron chi connectivity index (χ3n) is 1.88. The first-order chi connectivity index (χ1) is 6.88. The summed E-state index contributed by atoms with van der Waals surface area (Å²) in [6.07, 6.45) is -7.67. The van der Waals surface area contributed by atoms with Crippen LogP contribution < -0.4 is 0 Å². The largest absolute Gasteiger partial charge is 0.392 e. The smallest absolute Gasteiger partial charge is 0.391 e. The lowest BCUT2D eigenvalue weighted by molar-refractivity contribution is -0.153. The van der Waals surface area contributed by atoms with Crippen LogP contribution in [0.5, 0.6) is 0 Å². The maximum Gasteiger partial charge on any atom is 0.391 e. The van der Waals surface area contributed by atoms with Gasteiger partial charge in [0.2, 0.25) is 0 Å². The second-order valence-electron chi connectivity index (χ2n) is 3.27. The maximum atomic E-state index is 13.0. The molecule has 1 unspecified atom stereocenters. The lowest BCUT2D eigenvalue weighted by Gasteiger charge is -2.13. The third kappa shape index (κ3) is 4.29. The summed E-state index contributed by atoms with van der Waals surface area (Å²) < 4.78 is 48.6. The molecule has 0 heterocycles. The molecule has 0 amide bonds. The van der Waals surface area contributed by atoms with Gasteiger partial charge in [0, 0.05) is 6.42 Å². The molecule has 0 bridgehead atoms. The van der Waals surface area contributed by atoms with E-state index in [1.54, 1.807) is 0 Å². The predicted octanol–water partition coefficient (Wildman–Crippen LogP) is 2.68. The Kier molecular flexibility index (Phi) is 3.68. The molecule has 1 atom stereocenters. The molecule has 0 aliphatic heterocycles. The van der Waals surface area contributed by atoms with Gasteiger partial charge < -0.3 is 5.11 Å². The van der Waals surface area contributed by atoms with Crippen LogP contribution in [0, 0.1) is 5.82 Å². The van der Waals surface area contributed by atoms with Crippen LogP contribution in [-0.4, -0.2) is 17.4 Å². The molecule has 0 aliphatic carbocycles. The van der Waals surface area contributed by atoms with E-state index < -0.39 is 24.5 Å². The highest BCUT2D eigenvalue weighted by atomic mass is 19.4.